The molecule has 0 fully saturated rings. The summed E-state index contributed by atoms with van der Waals surface area (Å²) in [6, 6.07) is 11.3. The first-order chi connectivity index (χ1) is 12.0. The number of fused-ring (bicyclic) bond motifs is 1. The number of amides is 1. The summed E-state index contributed by atoms with van der Waals surface area (Å²) in [5, 5.41) is 0.962. The molecule has 5 heteroatoms. The van der Waals surface area contributed by atoms with E-state index in [4.69, 9.17) is 9.15 Å². The fourth-order valence-corrected chi connectivity index (χ4v) is 2.96. The Bertz CT molecular complexity index is 887. The summed E-state index contributed by atoms with van der Waals surface area (Å²) in [7, 11) is 3.36. The summed E-state index contributed by atoms with van der Waals surface area (Å²) < 4.78 is 11.2. The molecule has 0 aliphatic rings. The van der Waals surface area contributed by atoms with Crippen LogP contribution >= 0.6 is 0 Å². The number of carbonyl (C=O) groups excluding carboxylic acids is 1. The minimum atomic E-state index is -0.284. The Morgan fingerprint density at radius 2 is 2.08 bits per heavy atom. The number of likely N-dealkylation sites (N-methyl/N-ethyl adjacent to an activating group) is 1. The standard InChI is InChI=1S/C20H22N2O3/c1-13-8-9-15-14(2)19(25-18(15)11-13)20(23)22(3)17(12-24-4)16-7-5-6-10-21-16/h5-11,17H,12H2,1-4H3. The van der Waals surface area contributed by atoms with E-state index in [0.29, 0.717) is 12.4 Å². The van der Waals surface area contributed by atoms with Gasteiger partial charge in [0.2, 0.25) is 0 Å². The van der Waals surface area contributed by atoms with Gasteiger partial charge in [0.05, 0.1) is 18.3 Å². The average molecular weight is 338 g/mol. The maximum Gasteiger partial charge on any atom is 0.290 e. The molecule has 130 valence electrons. The molecule has 25 heavy (non-hydrogen) atoms. The lowest BCUT2D eigenvalue weighted by atomic mass is 10.1. The molecule has 2 heterocycles. The van der Waals surface area contributed by atoms with E-state index in [2.05, 4.69) is 4.98 Å². The summed E-state index contributed by atoms with van der Waals surface area (Å²) >= 11 is 0. The molecule has 3 aromatic rings. The SMILES string of the molecule is COCC(c1ccccn1)N(C)C(=O)c1oc2cc(C)ccc2c1C. The van der Waals surface area contributed by atoms with E-state index in [1.54, 1.807) is 25.3 Å². The minimum Gasteiger partial charge on any atom is -0.451 e. The van der Waals surface area contributed by atoms with Crippen molar-refractivity contribution >= 4 is 16.9 Å². The first kappa shape index (κ1) is 17.2. The van der Waals surface area contributed by atoms with E-state index in [1.165, 1.54) is 0 Å². The minimum absolute atomic E-state index is 0.181. The molecule has 1 unspecified atom stereocenters. The van der Waals surface area contributed by atoms with E-state index in [-0.39, 0.29) is 11.9 Å². The lowest BCUT2D eigenvalue weighted by Gasteiger charge is -2.26. The quantitative estimate of drug-likeness (QED) is 0.708. The van der Waals surface area contributed by atoms with Gasteiger partial charge in [-0.1, -0.05) is 18.2 Å². The van der Waals surface area contributed by atoms with E-state index >= 15 is 0 Å². The van der Waals surface area contributed by atoms with Crippen LogP contribution in [0.15, 0.2) is 47.0 Å². The molecular formula is C20H22N2O3. The van der Waals surface area contributed by atoms with Crippen LogP contribution in [0.25, 0.3) is 11.0 Å². The van der Waals surface area contributed by atoms with Crippen LogP contribution in [0.5, 0.6) is 0 Å². The van der Waals surface area contributed by atoms with Crippen LogP contribution in [0.2, 0.25) is 0 Å². The number of rotatable bonds is 5. The van der Waals surface area contributed by atoms with Gasteiger partial charge in [-0.3, -0.25) is 9.78 Å². The van der Waals surface area contributed by atoms with Crippen LogP contribution in [0.4, 0.5) is 0 Å². The third-order valence-corrected chi connectivity index (χ3v) is 4.43. The molecule has 0 saturated heterocycles. The molecule has 3 rings (SSSR count). The molecule has 0 spiro atoms. The van der Waals surface area contributed by atoms with Crippen molar-refractivity contribution in [3.05, 3.63) is 65.2 Å². The number of hydrogen-bond acceptors (Lipinski definition) is 4. The van der Waals surface area contributed by atoms with Crippen LogP contribution in [0, 0.1) is 13.8 Å². The highest BCUT2D eigenvalue weighted by molar-refractivity contribution is 5.99. The lowest BCUT2D eigenvalue weighted by molar-refractivity contribution is 0.0567. The maximum absolute atomic E-state index is 13.1. The zero-order chi connectivity index (χ0) is 18.0. The largest absolute Gasteiger partial charge is 0.451 e. The van der Waals surface area contributed by atoms with E-state index in [9.17, 15) is 4.79 Å². The van der Waals surface area contributed by atoms with Crippen molar-refractivity contribution in [3.63, 3.8) is 0 Å². The number of methoxy groups -OCH3 is 1. The summed E-state index contributed by atoms with van der Waals surface area (Å²) in [4.78, 5) is 19.1. The van der Waals surface area contributed by atoms with Crippen LogP contribution in [-0.4, -0.2) is 36.6 Å². The first-order valence-electron chi connectivity index (χ1n) is 8.19. The van der Waals surface area contributed by atoms with Gasteiger partial charge in [0.1, 0.15) is 5.58 Å². The number of furan rings is 1. The van der Waals surface area contributed by atoms with Crippen LogP contribution in [-0.2, 0) is 4.74 Å². The summed E-state index contributed by atoms with van der Waals surface area (Å²) in [6.07, 6.45) is 1.71. The average Bonchev–Trinajstić information content (AvgIpc) is 2.95. The number of hydrogen-bond donors (Lipinski definition) is 0. The monoisotopic (exact) mass is 338 g/mol. The fourth-order valence-electron chi connectivity index (χ4n) is 2.96. The predicted molar refractivity (Wildman–Crippen MR) is 96.6 cm³/mol. The Kier molecular flexibility index (Phi) is 4.86. The highest BCUT2D eigenvalue weighted by atomic mass is 16.5. The van der Waals surface area contributed by atoms with Crippen molar-refractivity contribution in [2.24, 2.45) is 0 Å². The molecule has 0 N–H and O–H groups in total. The van der Waals surface area contributed by atoms with Gasteiger partial charge >= 0.3 is 0 Å². The number of aromatic nitrogens is 1. The Balaban J connectivity index is 1.97. The molecule has 0 saturated carbocycles. The Hall–Kier alpha value is -2.66. The maximum atomic E-state index is 13.1. The highest BCUT2D eigenvalue weighted by Crippen LogP contribution is 2.29. The Labute approximate surface area is 147 Å². The molecule has 5 nitrogen and oxygen atoms in total. The van der Waals surface area contributed by atoms with Crippen molar-refractivity contribution in [3.8, 4) is 0 Å². The van der Waals surface area contributed by atoms with Crippen molar-refractivity contribution < 1.29 is 13.9 Å². The number of pyridine rings is 1. The number of carbonyl (C=O) groups is 1. The molecular weight excluding hydrogens is 316 g/mol. The highest BCUT2D eigenvalue weighted by Gasteiger charge is 2.28. The second-order valence-corrected chi connectivity index (χ2v) is 6.20. The normalized spacial score (nSPS) is 12.3. The van der Waals surface area contributed by atoms with Gasteiger partial charge in [0.25, 0.3) is 5.91 Å². The molecule has 1 atom stereocenters. The molecule has 0 bridgehead atoms. The number of aryl methyl sites for hydroxylation is 2. The van der Waals surface area contributed by atoms with Crippen molar-refractivity contribution in [1.82, 2.24) is 9.88 Å². The van der Waals surface area contributed by atoms with Crippen LogP contribution in [0.3, 0.4) is 0 Å². The van der Waals surface area contributed by atoms with Crippen LogP contribution in [0.1, 0.15) is 33.4 Å². The smallest absolute Gasteiger partial charge is 0.290 e. The summed E-state index contributed by atoms with van der Waals surface area (Å²) in [5.41, 5.74) is 3.46. The molecule has 2 aromatic heterocycles. The van der Waals surface area contributed by atoms with Gasteiger partial charge in [0.15, 0.2) is 5.76 Å². The van der Waals surface area contributed by atoms with Gasteiger partial charge in [-0.25, -0.2) is 0 Å². The topological polar surface area (TPSA) is 55.6 Å². The molecule has 1 amide bonds. The van der Waals surface area contributed by atoms with E-state index in [0.717, 1.165) is 27.8 Å². The molecule has 1 aromatic carbocycles. The van der Waals surface area contributed by atoms with Gasteiger partial charge in [-0.05, 0) is 37.6 Å². The predicted octanol–water partition coefficient (Wildman–Crippen LogP) is 3.90. The van der Waals surface area contributed by atoms with Gasteiger partial charge in [-0.2, -0.15) is 0 Å². The summed E-state index contributed by atoms with van der Waals surface area (Å²) in [6.45, 7) is 4.27. The number of ether oxygens (including phenoxy) is 1. The first-order valence-corrected chi connectivity index (χ1v) is 8.19. The van der Waals surface area contributed by atoms with E-state index < -0.39 is 0 Å². The van der Waals surface area contributed by atoms with Crippen LogP contribution < -0.4 is 0 Å². The van der Waals surface area contributed by atoms with Gasteiger partial charge < -0.3 is 14.1 Å². The second-order valence-electron chi connectivity index (χ2n) is 6.20. The summed E-state index contributed by atoms with van der Waals surface area (Å²) in [5.74, 6) is 0.180. The fraction of sp³-hybridized carbons (Fsp3) is 0.300. The van der Waals surface area contributed by atoms with Crippen molar-refractivity contribution in [1.29, 1.82) is 0 Å². The zero-order valence-electron chi connectivity index (χ0n) is 14.9. The lowest BCUT2D eigenvalue weighted by Crippen LogP contribution is -2.34. The second kappa shape index (κ2) is 7.07. The molecule has 0 aliphatic heterocycles. The van der Waals surface area contributed by atoms with Crippen molar-refractivity contribution in [2.75, 3.05) is 20.8 Å². The van der Waals surface area contributed by atoms with Gasteiger partial charge in [-0.15, -0.1) is 0 Å². The van der Waals surface area contributed by atoms with Crippen molar-refractivity contribution in [2.45, 2.75) is 19.9 Å². The van der Waals surface area contributed by atoms with E-state index in [1.807, 2.05) is 50.2 Å². The zero-order valence-corrected chi connectivity index (χ0v) is 14.9. The third-order valence-electron chi connectivity index (χ3n) is 4.43. The number of benzene rings is 1. The Morgan fingerprint density at radius 3 is 2.76 bits per heavy atom. The number of nitrogens with zero attached hydrogens (tertiary/aromatic N) is 2. The Morgan fingerprint density at radius 1 is 1.28 bits per heavy atom. The molecule has 0 aliphatic carbocycles. The third kappa shape index (κ3) is 3.28. The van der Waals surface area contributed by atoms with Gasteiger partial charge in [0, 0.05) is 31.3 Å². The molecule has 0 radical (unpaired) electrons.